The lowest BCUT2D eigenvalue weighted by atomic mass is 9.42. The molecule has 16 saturated carbocycles. The lowest BCUT2D eigenvalue weighted by molar-refractivity contribution is -0.142. The van der Waals surface area contributed by atoms with E-state index in [2.05, 4.69) is 20.8 Å². The molecule has 486 valence electrons. The molecule has 16 fully saturated rings. The van der Waals surface area contributed by atoms with Gasteiger partial charge in [-0.15, -0.1) is 0 Å². The third-order valence-electron chi connectivity index (χ3n) is 35.7. The average Bonchev–Trinajstić information content (AvgIpc) is 1.47. The molecule has 0 aromatic heterocycles. The maximum Gasteiger partial charge on any atom is -0.0193 e. The zero-order chi connectivity index (χ0) is 57.6. The summed E-state index contributed by atoms with van der Waals surface area (Å²) >= 11 is 0. The quantitative estimate of drug-likeness (QED) is 0.172. The molecule has 0 saturated heterocycles. The Morgan fingerprint density at radius 1 is 0.279 bits per heavy atom. The van der Waals surface area contributed by atoms with E-state index in [1.807, 2.05) is 0 Å². The Morgan fingerprint density at radius 2 is 0.733 bits per heavy atom. The first-order valence-electron chi connectivity index (χ1n) is 42.4. The smallest absolute Gasteiger partial charge is 0.0193 e. The van der Waals surface area contributed by atoms with Crippen molar-refractivity contribution in [3.63, 3.8) is 0 Å². The van der Waals surface area contributed by atoms with Crippen molar-refractivity contribution in [1.29, 1.82) is 0 Å². The van der Waals surface area contributed by atoms with Crippen LogP contribution in [0.3, 0.4) is 0 Å². The van der Waals surface area contributed by atoms with E-state index in [1.54, 1.807) is 334 Å². The molecule has 1 spiro atoms. The van der Waals surface area contributed by atoms with Crippen molar-refractivity contribution in [2.45, 2.75) is 361 Å². The van der Waals surface area contributed by atoms with E-state index in [0.29, 0.717) is 16.2 Å². The highest BCUT2D eigenvalue weighted by Crippen LogP contribution is 2.87. The van der Waals surface area contributed by atoms with Crippen LogP contribution in [-0.2, 0) is 0 Å². The Hall–Kier alpha value is 0. The molecule has 21 atom stereocenters. The van der Waals surface area contributed by atoms with E-state index < -0.39 is 0 Å². The molecule has 0 N–H and O–H groups in total. The molecule has 0 aromatic rings. The summed E-state index contributed by atoms with van der Waals surface area (Å²) in [6, 6.07) is 0. The fourth-order valence-corrected chi connectivity index (χ4v) is 33.7. The first-order valence-corrected chi connectivity index (χ1v) is 42.4. The van der Waals surface area contributed by atoms with Crippen LogP contribution >= 0.6 is 0 Å². The van der Waals surface area contributed by atoms with Crippen LogP contribution in [0, 0.1) is 176 Å². The number of hydrogen-bond donors (Lipinski definition) is 0. The van der Waals surface area contributed by atoms with Crippen LogP contribution in [0.5, 0.6) is 0 Å². The van der Waals surface area contributed by atoms with Crippen molar-refractivity contribution < 1.29 is 0 Å². The van der Waals surface area contributed by atoms with E-state index in [-0.39, 0.29) is 0 Å². The van der Waals surface area contributed by atoms with E-state index >= 15 is 0 Å². The fraction of sp³-hybridized carbons (Fsp3) is 1.00. The molecule has 0 heteroatoms. The maximum absolute atomic E-state index is 2.96. The van der Waals surface area contributed by atoms with E-state index in [0.717, 1.165) is 160 Å². The van der Waals surface area contributed by atoms with Gasteiger partial charge in [-0.1, -0.05) is 265 Å². The standard InChI is InChI=1S/C86H142/c1-4-57-47-72(48-57)82-83-73-53-69-43-41-62(50-71(69)54-73)51-75(64-29-13-8-14-30-64)85(55-59-27-19-20-28-59)78(65-35-21-22-36-65)74(5-2)77(79(85)66-37-23-24-38-66)70-44-42-61(49-70)45-60-39-40-63(46-60)56-86(83)76(52-58-25-11-7-12-26-58)84(82,6-3)80(67-31-15-9-16-32-67)81(86)68-33-17-10-18-34-68/h57-83H,4-56H2,1-3H3/t57?,60-,61?,62?,63?,69?,70?,71?,72?,73?,74?,75?,76?,77?,78?,79?,80?,81?,82?,83?,84?,85?,86?/m0/s1. The van der Waals surface area contributed by atoms with Crippen LogP contribution in [0.4, 0.5) is 0 Å². The van der Waals surface area contributed by atoms with Crippen molar-refractivity contribution in [2.75, 3.05) is 0 Å². The van der Waals surface area contributed by atoms with E-state index in [4.69, 9.17) is 0 Å². The summed E-state index contributed by atoms with van der Waals surface area (Å²) in [6.45, 7) is 8.43. The molecule has 0 heterocycles. The molecular weight excluding hydrogens is 1030 g/mol. The van der Waals surface area contributed by atoms with E-state index in [9.17, 15) is 0 Å². The number of rotatable bonds is 13. The maximum atomic E-state index is 2.96. The zero-order valence-corrected chi connectivity index (χ0v) is 57.6. The van der Waals surface area contributed by atoms with Crippen LogP contribution in [0.2, 0.25) is 0 Å². The third-order valence-corrected chi connectivity index (χ3v) is 35.7. The first-order chi connectivity index (χ1) is 42.4. The Kier molecular flexibility index (Phi) is 18.4. The lowest BCUT2D eigenvalue weighted by Crippen LogP contribution is -2.56. The molecule has 0 radical (unpaired) electrons. The Labute approximate surface area is 534 Å². The first kappa shape index (κ1) is 60.9. The van der Waals surface area contributed by atoms with Gasteiger partial charge in [0.2, 0.25) is 0 Å². The van der Waals surface area contributed by atoms with Gasteiger partial charge in [-0.3, -0.25) is 0 Å². The van der Waals surface area contributed by atoms with Crippen molar-refractivity contribution in [3.8, 4) is 0 Å². The lowest BCUT2D eigenvalue weighted by Gasteiger charge is -2.62. The Morgan fingerprint density at radius 3 is 1.37 bits per heavy atom. The van der Waals surface area contributed by atoms with Crippen molar-refractivity contribution in [1.82, 2.24) is 0 Å². The molecule has 0 aliphatic heterocycles. The van der Waals surface area contributed by atoms with Gasteiger partial charge in [0.15, 0.2) is 0 Å². The minimum Gasteiger partial charge on any atom is -0.0651 e. The summed E-state index contributed by atoms with van der Waals surface area (Å²) in [4.78, 5) is 0. The van der Waals surface area contributed by atoms with Crippen molar-refractivity contribution >= 4 is 0 Å². The number of fused-ring (bicyclic) bond motifs is 11. The summed E-state index contributed by atoms with van der Waals surface area (Å²) in [5.74, 6) is 28.7. The largest absolute Gasteiger partial charge is 0.0651 e. The second kappa shape index (κ2) is 26.0. The van der Waals surface area contributed by atoms with Crippen LogP contribution in [0.1, 0.15) is 361 Å². The van der Waals surface area contributed by atoms with Gasteiger partial charge in [-0.05, 0) is 272 Å². The molecule has 0 amide bonds. The summed E-state index contributed by atoms with van der Waals surface area (Å²) < 4.78 is 0. The van der Waals surface area contributed by atoms with Crippen LogP contribution in [0.25, 0.3) is 0 Å². The Bertz CT molecular complexity index is 2160. The molecular formula is C86H142. The van der Waals surface area contributed by atoms with Gasteiger partial charge in [-0.2, -0.15) is 0 Å². The predicted molar refractivity (Wildman–Crippen MR) is 363 cm³/mol. The highest BCUT2D eigenvalue weighted by Gasteiger charge is 2.81. The monoisotopic (exact) mass is 1180 g/mol. The fourth-order valence-electron chi connectivity index (χ4n) is 33.7. The molecule has 0 nitrogen and oxygen atoms in total. The minimum atomic E-state index is 0.639. The van der Waals surface area contributed by atoms with Crippen molar-refractivity contribution in [3.05, 3.63) is 0 Å². The predicted octanol–water partition coefficient (Wildman–Crippen LogP) is 25.5. The molecule has 16 aliphatic rings. The summed E-state index contributed by atoms with van der Waals surface area (Å²) in [5, 5.41) is 0. The normalized spacial score (nSPS) is 50.4. The molecule has 20 unspecified atom stereocenters. The van der Waals surface area contributed by atoms with Gasteiger partial charge < -0.3 is 0 Å². The van der Waals surface area contributed by atoms with Crippen LogP contribution < -0.4 is 0 Å². The molecule has 11 bridgehead atoms. The molecule has 16 aliphatic carbocycles. The zero-order valence-electron chi connectivity index (χ0n) is 57.6. The highest BCUT2D eigenvalue weighted by atomic mass is 14.9. The molecule has 86 heavy (non-hydrogen) atoms. The van der Waals surface area contributed by atoms with Gasteiger partial charge in [0.05, 0.1) is 0 Å². The topological polar surface area (TPSA) is 0 Å². The SMILES string of the molecule is CCC1CC(C2C3C4CC5CCC(CC5C4)CC(C4CCCCC4)C4(CC5CCCC5)C(C5CCCC5)C(CC)C(C5CCC(C5)C[C@@H]5CCC(C5)CC35C(C3CCCCC3)C(C3CCCCC3)C2(CC)C5CC2CCCCC2)C4C2CCCC2)C1. The van der Waals surface area contributed by atoms with Gasteiger partial charge >= 0.3 is 0 Å². The average molecular weight is 1180 g/mol. The third kappa shape index (κ3) is 10.5. The molecule has 16 rings (SSSR count). The molecule has 0 aromatic carbocycles. The summed E-state index contributed by atoms with van der Waals surface area (Å²) in [6.07, 6.45) is 86.2. The number of hydrogen-bond acceptors (Lipinski definition) is 0. The van der Waals surface area contributed by atoms with Crippen molar-refractivity contribution in [2.24, 2.45) is 176 Å². The minimum absolute atomic E-state index is 0.639. The van der Waals surface area contributed by atoms with Gasteiger partial charge in [0, 0.05) is 0 Å². The van der Waals surface area contributed by atoms with Crippen LogP contribution in [0.15, 0.2) is 0 Å². The highest BCUT2D eigenvalue weighted by molar-refractivity contribution is 5.29. The van der Waals surface area contributed by atoms with E-state index in [1.165, 1.54) is 6.42 Å². The summed E-state index contributed by atoms with van der Waals surface area (Å²) in [5.41, 5.74) is 1.93. The summed E-state index contributed by atoms with van der Waals surface area (Å²) in [7, 11) is 0. The van der Waals surface area contributed by atoms with Gasteiger partial charge in [0.25, 0.3) is 0 Å². The Balaban J connectivity index is 0.847. The second-order valence-electron chi connectivity index (χ2n) is 38.6. The van der Waals surface area contributed by atoms with Crippen LogP contribution in [-0.4, -0.2) is 0 Å². The van der Waals surface area contributed by atoms with Gasteiger partial charge in [0.1, 0.15) is 0 Å². The van der Waals surface area contributed by atoms with Gasteiger partial charge in [-0.25, -0.2) is 0 Å². The second-order valence-corrected chi connectivity index (χ2v) is 38.6.